The first-order valence-corrected chi connectivity index (χ1v) is 7.87. The zero-order valence-electron chi connectivity index (χ0n) is 11.6. The molecule has 21 heavy (non-hydrogen) atoms. The van der Waals surface area contributed by atoms with Crippen molar-refractivity contribution in [3.63, 3.8) is 0 Å². The summed E-state index contributed by atoms with van der Waals surface area (Å²) in [5.74, 6) is -2.79. The van der Waals surface area contributed by atoms with E-state index in [0.29, 0.717) is 5.56 Å². The molecule has 1 aromatic carbocycles. The van der Waals surface area contributed by atoms with E-state index >= 15 is 0 Å². The molecule has 8 heteroatoms. The van der Waals surface area contributed by atoms with Crippen molar-refractivity contribution in [3.05, 3.63) is 29.1 Å². The van der Waals surface area contributed by atoms with Gasteiger partial charge in [0.2, 0.25) is 0 Å². The Kier molecular flexibility index (Phi) is 5.42. The molecule has 1 N–H and O–H groups in total. The molecule has 0 saturated carbocycles. The molecular weight excluding hydrogens is 303 g/mol. The molecule has 1 rings (SSSR count). The maximum absolute atomic E-state index is 13.9. The number of carbonyl (C=O) groups excluding carboxylic acids is 1. The summed E-state index contributed by atoms with van der Waals surface area (Å²) in [5, 5.41) is 8.43. The van der Waals surface area contributed by atoms with Crippen LogP contribution in [0.3, 0.4) is 0 Å². The van der Waals surface area contributed by atoms with Crippen LogP contribution in [-0.2, 0) is 30.8 Å². The van der Waals surface area contributed by atoms with Crippen molar-refractivity contribution in [1.82, 2.24) is 0 Å². The molecule has 0 unspecified atom stereocenters. The molecule has 0 aliphatic heterocycles. The molecule has 0 aliphatic rings. The lowest BCUT2D eigenvalue weighted by Gasteiger charge is -2.11. The molecule has 0 amide bonds. The normalized spacial score (nSPS) is 11.2. The maximum Gasteiger partial charge on any atom is 0.306 e. The van der Waals surface area contributed by atoms with E-state index in [9.17, 15) is 22.4 Å². The minimum atomic E-state index is -3.68. The summed E-state index contributed by atoms with van der Waals surface area (Å²) in [6.07, 6.45) is 0.155. The van der Waals surface area contributed by atoms with Gasteiger partial charge in [0.1, 0.15) is 12.4 Å². The van der Waals surface area contributed by atoms with Crippen LogP contribution in [0.2, 0.25) is 0 Å². The standard InChI is InChI=1S/C13H15FO6S/c1-8-5-10(14)9(11(6-8)21(2,18)19)7-20-13(17)4-3-12(15)16/h5-6H,3-4,7H2,1-2H3,(H,15,16). The van der Waals surface area contributed by atoms with E-state index in [-0.39, 0.29) is 16.9 Å². The van der Waals surface area contributed by atoms with Crippen LogP contribution in [0.25, 0.3) is 0 Å². The molecule has 0 atom stereocenters. The Morgan fingerprint density at radius 1 is 1.29 bits per heavy atom. The van der Waals surface area contributed by atoms with Crippen molar-refractivity contribution in [2.45, 2.75) is 31.3 Å². The monoisotopic (exact) mass is 318 g/mol. The van der Waals surface area contributed by atoms with Gasteiger partial charge in [-0.25, -0.2) is 12.8 Å². The number of carboxylic acids is 1. The van der Waals surface area contributed by atoms with E-state index < -0.39 is 40.6 Å². The number of sulfone groups is 1. The van der Waals surface area contributed by atoms with Crippen LogP contribution in [0.15, 0.2) is 17.0 Å². The zero-order valence-corrected chi connectivity index (χ0v) is 12.4. The number of carboxylic acid groups (broad SMARTS) is 1. The predicted octanol–water partition coefficient (Wildman–Crippen LogP) is 1.45. The third-order valence-electron chi connectivity index (χ3n) is 2.62. The quantitative estimate of drug-likeness (QED) is 0.797. The molecule has 0 aromatic heterocycles. The van der Waals surface area contributed by atoms with Crippen LogP contribution in [0.1, 0.15) is 24.0 Å². The van der Waals surface area contributed by atoms with Gasteiger partial charge in [-0.3, -0.25) is 9.59 Å². The van der Waals surface area contributed by atoms with Crippen LogP contribution in [0, 0.1) is 12.7 Å². The molecule has 6 nitrogen and oxygen atoms in total. The SMILES string of the molecule is Cc1cc(F)c(COC(=O)CCC(=O)O)c(S(C)(=O)=O)c1. The van der Waals surface area contributed by atoms with Gasteiger partial charge in [0.15, 0.2) is 9.84 Å². The molecule has 0 spiro atoms. The van der Waals surface area contributed by atoms with Crippen molar-refractivity contribution < 1.29 is 32.2 Å². The minimum absolute atomic E-state index is 0.244. The minimum Gasteiger partial charge on any atom is -0.481 e. The van der Waals surface area contributed by atoms with Crippen LogP contribution in [0.5, 0.6) is 0 Å². The highest BCUT2D eigenvalue weighted by Gasteiger charge is 2.19. The van der Waals surface area contributed by atoms with Gasteiger partial charge < -0.3 is 9.84 Å². The van der Waals surface area contributed by atoms with Gasteiger partial charge in [0, 0.05) is 11.8 Å². The number of carbonyl (C=O) groups is 2. The number of halogens is 1. The first-order valence-electron chi connectivity index (χ1n) is 5.97. The molecule has 1 aromatic rings. The number of rotatable bonds is 6. The summed E-state index contributed by atoms with van der Waals surface area (Å²) in [6.45, 7) is 0.980. The fourth-order valence-corrected chi connectivity index (χ4v) is 2.65. The number of esters is 1. The Bertz CT molecular complexity index is 665. The van der Waals surface area contributed by atoms with E-state index in [2.05, 4.69) is 0 Å². The van der Waals surface area contributed by atoms with Crippen molar-refractivity contribution in [1.29, 1.82) is 0 Å². The highest BCUT2D eigenvalue weighted by atomic mass is 32.2. The highest BCUT2D eigenvalue weighted by molar-refractivity contribution is 7.90. The van der Waals surface area contributed by atoms with Gasteiger partial charge in [-0.2, -0.15) is 0 Å². The van der Waals surface area contributed by atoms with Gasteiger partial charge in [-0.15, -0.1) is 0 Å². The molecule has 0 fully saturated rings. The van der Waals surface area contributed by atoms with Crippen LogP contribution in [-0.4, -0.2) is 31.7 Å². The lowest BCUT2D eigenvalue weighted by Crippen LogP contribution is -2.11. The van der Waals surface area contributed by atoms with Crippen molar-refractivity contribution in [3.8, 4) is 0 Å². The number of hydrogen-bond acceptors (Lipinski definition) is 5. The fourth-order valence-electron chi connectivity index (χ4n) is 1.64. The molecule has 0 radical (unpaired) electrons. The third kappa shape index (κ3) is 5.14. The molecule has 0 saturated heterocycles. The maximum atomic E-state index is 13.9. The second-order valence-electron chi connectivity index (χ2n) is 4.55. The average molecular weight is 318 g/mol. The number of aryl methyl sites for hydroxylation is 1. The van der Waals surface area contributed by atoms with E-state index in [1.165, 1.54) is 6.07 Å². The number of ether oxygens (including phenoxy) is 1. The van der Waals surface area contributed by atoms with Crippen LogP contribution >= 0.6 is 0 Å². The van der Waals surface area contributed by atoms with Crippen molar-refractivity contribution in [2.75, 3.05) is 6.26 Å². The van der Waals surface area contributed by atoms with Gasteiger partial charge in [-0.1, -0.05) is 0 Å². The summed E-state index contributed by atoms with van der Waals surface area (Å²) in [6, 6.07) is 2.42. The molecule has 0 heterocycles. The average Bonchev–Trinajstić information content (AvgIpc) is 2.33. The summed E-state index contributed by atoms with van der Waals surface area (Å²) in [4.78, 5) is 21.4. The highest BCUT2D eigenvalue weighted by Crippen LogP contribution is 2.22. The lowest BCUT2D eigenvalue weighted by molar-refractivity contribution is -0.148. The zero-order chi connectivity index (χ0) is 16.2. The number of aliphatic carboxylic acids is 1. The summed E-state index contributed by atoms with van der Waals surface area (Å²) in [5.41, 5.74) is 0.181. The van der Waals surface area contributed by atoms with E-state index in [0.717, 1.165) is 12.3 Å². The van der Waals surface area contributed by atoms with E-state index in [4.69, 9.17) is 9.84 Å². The topological polar surface area (TPSA) is 97.7 Å². The first-order chi connectivity index (χ1) is 9.61. The summed E-state index contributed by atoms with van der Waals surface area (Å²) in [7, 11) is -3.68. The number of hydrogen-bond donors (Lipinski definition) is 1. The van der Waals surface area contributed by atoms with Gasteiger partial charge in [0.25, 0.3) is 0 Å². The second-order valence-corrected chi connectivity index (χ2v) is 6.53. The van der Waals surface area contributed by atoms with Crippen LogP contribution < -0.4 is 0 Å². The second kappa shape index (κ2) is 6.66. The van der Waals surface area contributed by atoms with Crippen LogP contribution in [0.4, 0.5) is 4.39 Å². The Hall–Kier alpha value is -1.96. The Morgan fingerprint density at radius 2 is 1.90 bits per heavy atom. The predicted molar refractivity (Wildman–Crippen MR) is 70.9 cm³/mol. The summed E-state index contributed by atoms with van der Waals surface area (Å²) < 4.78 is 41.9. The third-order valence-corrected chi connectivity index (χ3v) is 3.78. The molecular formula is C13H15FO6S. The molecule has 0 bridgehead atoms. The van der Waals surface area contributed by atoms with E-state index in [1.807, 2.05) is 0 Å². The van der Waals surface area contributed by atoms with Gasteiger partial charge in [-0.05, 0) is 24.6 Å². The largest absolute Gasteiger partial charge is 0.481 e. The fraction of sp³-hybridized carbons (Fsp3) is 0.385. The number of benzene rings is 1. The van der Waals surface area contributed by atoms with Gasteiger partial charge in [0.05, 0.1) is 17.7 Å². The first kappa shape index (κ1) is 17.1. The molecule has 0 aliphatic carbocycles. The Labute approximate surface area is 121 Å². The molecule has 116 valence electrons. The van der Waals surface area contributed by atoms with E-state index in [1.54, 1.807) is 6.92 Å². The Balaban J connectivity index is 2.93. The smallest absolute Gasteiger partial charge is 0.306 e. The summed E-state index contributed by atoms with van der Waals surface area (Å²) >= 11 is 0. The lowest BCUT2D eigenvalue weighted by atomic mass is 10.1. The van der Waals surface area contributed by atoms with Gasteiger partial charge >= 0.3 is 11.9 Å². The van der Waals surface area contributed by atoms with Crippen molar-refractivity contribution >= 4 is 21.8 Å². The van der Waals surface area contributed by atoms with Crippen molar-refractivity contribution in [2.24, 2.45) is 0 Å². The Morgan fingerprint density at radius 3 is 2.43 bits per heavy atom.